The van der Waals surface area contributed by atoms with Crippen molar-refractivity contribution in [2.24, 2.45) is 0 Å². The lowest BCUT2D eigenvalue weighted by atomic mass is 10.2. The molecule has 0 bridgehead atoms. The molecule has 1 aromatic carbocycles. The third-order valence-electron chi connectivity index (χ3n) is 3.67. The first-order valence-corrected chi connectivity index (χ1v) is 10.9. The zero-order valence-corrected chi connectivity index (χ0v) is 16.4. The van der Waals surface area contributed by atoms with Gasteiger partial charge in [0, 0.05) is 22.5 Å². The Morgan fingerprint density at radius 1 is 1.19 bits per heavy atom. The largest absolute Gasteiger partial charge is 0.428 e. The number of halogens is 2. The molecule has 0 aliphatic rings. The van der Waals surface area contributed by atoms with Crippen molar-refractivity contribution >= 4 is 45.5 Å². The van der Waals surface area contributed by atoms with E-state index < -0.39 is 11.8 Å². The molecule has 0 unspecified atom stereocenters. The maximum absolute atomic E-state index is 11.2. The van der Waals surface area contributed by atoms with E-state index in [2.05, 4.69) is 15.0 Å². The normalized spacial score (nSPS) is 12.5. The summed E-state index contributed by atoms with van der Waals surface area (Å²) in [5.74, 6) is 0.630. The van der Waals surface area contributed by atoms with E-state index in [0.29, 0.717) is 29.3 Å². The minimum atomic E-state index is -3.62. The number of fused-ring (bicyclic) bond motifs is 1. The van der Waals surface area contributed by atoms with E-state index in [9.17, 15) is 4.57 Å². The zero-order valence-electron chi connectivity index (χ0n) is 14.0. The Morgan fingerprint density at radius 2 is 1.88 bits per heavy atom. The number of imidazole rings is 1. The molecular weight excluding hydrogens is 400 g/mol. The predicted molar refractivity (Wildman–Crippen MR) is 100 cm³/mol. The number of rotatable bonds is 6. The van der Waals surface area contributed by atoms with E-state index in [-0.39, 0.29) is 0 Å². The van der Waals surface area contributed by atoms with Crippen LogP contribution in [0, 0.1) is 0 Å². The van der Waals surface area contributed by atoms with Crippen LogP contribution in [-0.4, -0.2) is 19.5 Å². The van der Waals surface area contributed by atoms with Gasteiger partial charge in [0.05, 0.1) is 12.9 Å². The summed E-state index contributed by atoms with van der Waals surface area (Å²) < 4.78 is 24.0. The lowest BCUT2D eigenvalue weighted by Gasteiger charge is -2.27. The number of anilines is 1. The van der Waals surface area contributed by atoms with Crippen molar-refractivity contribution < 1.29 is 13.8 Å². The fourth-order valence-corrected chi connectivity index (χ4v) is 3.19. The molecule has 138 valence electrons. The second-order valence-electron chi connectivity index (χ2n) is 5.93. The third kappa shape index (κ3) is 4.27. The summed E-state index contributed by atoms with van der Waals surface area (Å²) in [5.41, 5.74) is 7.08. The smallest absolute Gasteiger partial charge is 0.422 e. The minimum absolute atomic E-state index is 0.312. The molecule has 8 nitrogen and oxygen atoms in total. The Kier molecular flexibility index (Phi) is 5.12. The molecule has 0 atom stereocenters. The number of benzene rings is 1. The summed E-state index contributed by atoms with van der Waals surface area (Å²) in [6, 6.07) is 6.76. The topological polar surface area (TPSA) is 105 Å². The first-order valence-electron chi connectivity index (χ1n) is 7.51. The van der Waals surface area contributed by atoms with Gasteiger partial charge in [-0.25, -0.2) is 19.5 Å². The maximum atomic E-state index is 11.2. The van der Waals surface area contributed by atoms with Crippen LogP contribution < -0.4 is 10.3 Å². The molecule has 0 fully saturated rings. The van der Waals surface area contributed by atoms with Crippen molar-refractivity contribution in [1.29, 1.82) is 0 Å². The van der Waals surface area contributed by atoms with Crippen LogP contribution in [0.2, 0.25) is 0 Å². The van der Waals surface area contributed by atoms with Gasteiger partial charge in [0.2, 0.25) is 0 Å². The Morgan fingerprint density at radius 3 is 2.54 bits per heavy atom. The van der Waals surface area contributed by atoms with Gasteiger partial charge in [-0.1, -0.05) is 12.1 Å². The van der Waals surface area contributed by atoms with Gasteiger partial charge in [-0.2, -0.15) is 0 Å². The number of nitrogen functional groups attached to an aromatic ring is 1. The summed E-state index contributed by atoms with van der Waals surface area (Å²) in [6.07, 6.45) is -0.622. The van der Waals surface area contributed by atoms with Gasteiger partial charge in [0.15, 0.2) is 11.5 Å². The minimum Gasteiger partial charge on any atom is -0.422 e. The van der Waals surface area contributed by atoms with E-state index >= 15 is 0 Å². The number of nitrogens with zero attached hydrogens (tertiary/aromatic N) is 4. The van der Waals surface area contributed by atoms with Gasteiger partial charge >= 0.3 is 6.07 Å². The van der Waals surface area contributed by atoms with Crippen LogP contribution >= 0.6 is 28.6 Å². The molecule has 0 spiro atoms. The molecule has 0 radical (unpaired) electrons. The van der Waals surface area contributed by atoms with Crippen molar-refractivity contribution in [2.45, 2.75) is 26.2 Å². The average molecular weight is 416 g/mol. The van der Waals surface area contributed by atoms with Gasteiger partial charge in [-0.3, -0.25) is 4.57 Å². The number of hydrogen-bond donors (Lipinski definition) is 1. The van der Waals surface area contributed by atoms with E-state index in [4.69, 9.17) is 37.5 Å². The summed E-state index contributed by atoms with van der Waals surface area (Å²) in [7, 11) is 0. The van der Waals surface area contributed by atoms with E-state index in [1.807, 2.05) is 13.8 Å². The number of aromatic nitrogens is 4. The molecule has 0 amide bonds. The Balaban J connectivity index is 1.73. The number of ether oxygens (including phenoxy) is 1. The summed E-state index contributed by atoms with van der Waals surface area (Å²) in [4.78, 5) is 12.4. The van der Waals surface area contributed by atoms with Gasteiger partial charge in [-0.15, -0.1) is 0 Å². The highest BCUT2D eigenvalue weighted by atomic mass is 35.9. The zero-order chi connectivity index (χ0) is 18.9. The van der Waals surface area contributed by atoms with Crippen LogP contribution in [0.1, 0.15) is 19.4 Å². The molecule has 2 aromatic heterocycles. The Hall–Kier alpha value is -1.86. The quantitative estimate of drug-likeness (QED) is 0.598. The van der Waals surface area contributed by atoms with E-state index in [1.54, 1.807) is 35.2 Å². The first kappa shape index (κ1) is 18.9. The Labute approximate surface area is 159 Å². The van der Waals surface area contributed by atoms with Crippen molar-refractivity contribution in [3.63, 3.8) is 0 Å². The van der Waals surface area contributed by atoms with Crippen LogP contribution in [0.25, 0.3) is 11.2 Å². The van der Waals surface area contributed by atoms with Gasteiger partial charge < -0.3 is 15.0 Å². The second-order valence-corrected chi connectivity index (χ2v) is 10.1. The molecule has 0 saturated carbocycles. The summed E-state index contributed by atoms with van der Waals surface area (Å²) in [5, 5.41) is 0. The molecule has 2 heterocycles. The Bertz CT molecular complexity index is 971. The first-order chi connectivity index (χ1) is 12.2. The van der Waals surface area contributed by atoms with E-state index in [1.165, 1.54) is 6.33 Å². The van der Waals surface area contributed by atoms with Crippen LogP contribution in [-0.2, 0) is 21.6 Å². The van der Waals surface area contributed by atoms with Crippen molar-refractivity contribution in [3.8, 4) is 5.75 Å². The van der Waals surface area contributed by atoms with Gasteiger partial charge in [0.1, 0.15) is 23.3 Å². The fourth-order valence-electron chi connectivity index (χ4n) is 2.35. The van der Waals surface area contributed by atoms with Gasteiger partial charge in [0.25, 0.3) is 0 Å². The molecule has 3 aromatic rings. The van der Waals surface area contributed by atoms with Crippen LogP contribution in [0.3, 0.4) is 0 Å². The third-order valence-corrected chi connectivity index (χ3v) is 4.51. The monoisotopic (exact) mass is 415 g/mol. The van der Waals surface area contributed by atoms with Crippen LogP contribution in [0.4, 0.5) is 5.82 Å². The standard InChI is InChI=1S/C15H16Cl2N5O3P/c1-15(2,22-9-21-12-13(18)19-8-20-14(12)22)24-7-10-3-5-11(6-4-10)25-26(16,17)23/h3-6,8-9H,7H2,1-2H3,(H2,18,19,20). The lowest BCUT2D eigenvalue weighted by molar-refractivity contribution is -0.0864. The highest BCUT2D eigenvalue weighted by molar-refractivity contribution is 8.05. The van der Waals surface area contributed by atoms with Crippen molar-refractivity contribution in [3.05, 3.63) is 42.5 Å². The summed E-state index contributed by atoms with van der Waals surface area (Å²) in [6.45, 7) is 4.09. The lowest BCUT2D eigenvalue weighted by Crippen LogP contribution is -2.29. The molecule has 26 heavy (non-hydrogen) atoms. The molecule has 0 aliphatic heterocycles. The van der Waals surface area contributed by atoms with Gasteiger partial charge in [-0.05, 0) is 31.5 Å². The SMILES string of the molecule is CC(C)(OCc1ccc(OP(=O)(Cl)Cl)cc1)n1cnc2c(N)ncnc21. The van der Waals surface area contributed by atoms with Crippen molar-refractivity contribution in [2.75, 3.05) is 5.73 Å². The highest BCUT2D eigenvalue weighted by Crippen LogP contribution is 2.57. The number of hydrogen-bond acceptors (Lipinski definition) is 7. The van der Waals surface area contributed by atoms with Crippen LogP contribution in [0.5, 0.6) is 5.75 Å². The molecule has 0 aliphatic carbocycles. The molecule has 3 rings (SSSR count). The van der Waals surface area contributed by atoms with E-state index in [0.717, 1.165) is 5.56 Å². The molecule has 2 N–H and O–H groups in total. The fraction of sp³-hybridized carbons (Fsp3) is 0.267. The predicted octanol–water partition coefficient (Wildman–Crippen LogP) is 4.28. The second kappa shape index (κ2) is 7.04. The summed E-state index contributed by atoms with van der Waals surface area (Å²) >= 11 is 10.8. The average Bonchev–Trinajstić information content (AvgIpc) is 2.99. The van der Waals surface area contributed by atoms with Crippen molar-refractivity contribution in [1.82, 2.24) is 19.5 Å². The highest BCUT2D eigenvalue weighted by Gasteiger charge is 2.24. The van der Waals surface area contributed by atoms with Crippen LogP contribution in [0.15, 0.2) is 36.9 Å². The number of nitrogens with two attached hydrogens (primary N) is 1. The molecule has 11 heteroatoms. The molecular formula is C15H16Cl2N5O3P. The maximum Gasteiger partial charge on any atom is 0.428 e. The molecule has 0 saturated heterocycles.